The van der Waals surface area contributed by atoms with E-state index in [1.54, 1.807) is 0 Å². The molecule has 3 rings (SSSR count). The van der Waals surface area contributed by atoms with Gasteiger partial charge in [0, 0.05) is 32.6 Å². The van der Waals surface area contributed by atoms with Crippen molar-refractivity contribution < 1.29 is 9.59 Å². The molecule has 1 aromatic rings. The van der Waals surface area contributed by atoms with E-state index in [1.165, 1.54) is 0 Å². The largest absolute Gasteiger partial charge is 0.342 e. The van der Waals surface area contributed by atoms with Crippen LogP contribution in [0.4, 0.5) is 0 Å². The van der Waals surface area contributed by atoms with Crippen molar-refractivity contribution in [1.29, 1.82) is 0 Å². The fraction of sp³-hybridized carbons (Fsp3) is 0.579. The second-order valence-electron chi connectivity index (χ2n) is 6.99. The normalized spacial score (nSPS) is 21.3. The fourth-order valence-electron chi connectivity index (χ4n) is 3.80. The topological polar surface area (TPSA) is 52.7 Å². The Morgan fingerprint density at radius 2 is 1.88 bits per heavy atom. The first-order valence-corrected chi connectivity index (χ1v) is 8.92. The summed E-state index contributed by atoms with van der Waals surface area (Å²) in [4.78, 5) is 28.8. The predicted octanol–water partition coefficient (Wildman–Crippen LogP) is 1.91. The Morgan fingerprint density at radius 1 is 1.20 bits per heavy atom. The van der Waals surface area contributed by atoms with Crippen LogP contribution in [0.25, 0.3) is 0 Å². The van der Waals surface area contributed by atoms with Crippen LogP contribution >= 0.6 is 12.4 Å². The number of nitrogens with one attached hydrogen (secondary N) is 1. The van der Waals surface area contributed by atoms with E-state index in [4.69, 9.17) is 0 Å². The van der Waals surface area contributed by atoms with E-state index in [0.29, 0.717) is 25.4 Å². The van der Waals surface area contributed by atoms with Gasteiger partial charge in [0.2, 0.25) is 11.8 Å². The minimum atomic E-state index is -0.165. The molecule has 0 radical (unpaired) electrons. The number of piperidine rings is 1. The van der Waals surface area contributed by atoms with Gasteiger partial charge in [-0.05, 0) is 37.9 Å². The average Bonchev–Trinajstić information content (AvgIpc) is 2.97. The number of carbonyl (C=O) groups is 2. The smallest absolute Gasteiger partial charge is 0.227 e. The first-order chi connectivity index (χ1) is 11.7. The highest BCUT2D eigenvalue weighted by Gasteiger charge is 2.37. The molecular formula is C19H28ClN3O2. The van der Waals surface area contributed by atoms with E-state index in [2.05, 4.69) is 5.32 Å². The van der Waals surface area contributed by atoms with E-state index in [-0.39, 0.29) is 30.1 Å². The lowest BCUT2D eigenvalue weighted by atomic mass is 9.95. The van der Waals surface area contributed by atoms with Crippen molar-refractivity contribution in [2.75, 3.05) is 33.2 Å². The van der Waals surface area contributed by atoms with Crippen molar-refractivity contribution in [3.8, 4) is 0 Å². The quantitative estimate of drug-likeness (QED) is 0.867. The minimum Gasteiger partial charge on any atom is -0.342 e. The maximum atomic E-state index is 12.7. The molecule has 138 valence electrons. The van der Waals surface area contributed by atoms with Crippen LogP contribution in [0.3, 0.4) is 0 Å². The molecule has 2 saturated heterocycles. The van der Waals surface area contributed by atoms with Crippen molar-refractivity contribution in [2.45, 2.75) is 25.8 Å². The first kappa shape index (κ1) is 19.7. The van der Waals surface area contributed by atoms with Gasteiger partial charge in [0.25, 0.3) is 0 Å². The summed E-state index contributed by atoms with van der Waals surface area (Å²) < 4.78 is 0. The molecule has 1 aromatic carbocycles. The van der Waals surface area contributed by atoms with Crippen molar-refractivity contribution in [1.82, 2.24) is 15.1 Å². The lowest BCUT2D eigenvalue weighted by molar-refractivity contribution is -0.137. The Balaban J connectivity index is 0.00000225. The number of nitrogens with zero attached hydrogens (tertiary/aromatic N) is 2. The summed E-state index contributed by atoms with van der Waals surface area (Å²) in [6.45, 7) is 3.84. The molecule has 2 aliphatic rings. The number of halogens is 1. The molecule has 1 atom stereocenters. The lowest BCUT2D eigenvalue weighted by Gasteiger charge is -2.33. The van der Waals surface area contributed by atoms with Crippen LogP contribution in [0, 0.1) is 11.8 Å². The molecule has 6 heteroatoms. The highest BCUT2D eigenvalue weighted by molar-refractivity contribution is 5.89. The van der Waals surface area contributed by atoms with Gasteiger partial charge in [-0.3, -0.25) is 9.59 Å². The molecule has 25 heavy (non-hydrogen) atoms. The molecule has 1 N–H and O–H groups in total. The zero-order valence-electron chi connectivity index (χ0n) is 14.8. The van der Waals surface area contributed by atoms with Crippen LogP contribution < -0.4 is 5.32 Å². The third kappa shape index (κ3) is 4.95. The van der Waals surface area contributed by atoms with Crippen LogP contribution in [0.15, 0.2) is 30.3 Å². The molecule has 2 aliphatic heterocycles. The molecule has 0 aliphatic carbocycles. The van der Waals surface area contributed by atoms with Crippen LogP contribution in [-0.2, 0) is 16.1 Å². The predicted molar refractivity (Wildman–Crippen MR) is 100 cm³/mol. The summed E-state index contributed by atoms with van der Waals surface area (Å²) in [5.41, 5.74) is 1.12. The van der Waals surface area contributed by atoms with E-state index in [9.17, 15) is 9.59 Å². The number of amides is 2. The molecule has 2 heterocycles. The monoisotopic (exact) mass is 365 g/mol. The van der Waals surface area contributed by atoms with Crippen molar-refractivity contribution in [2.24, 2.45) is 11.8 Å². The number of likely N-dealkylation sites (tertiary alicyclic amines) is 2. The van der Waals surface area contributed by atoms with Crippen LogP contribution in [0.5, 0.6) is 0 Å². The molecule has 2 fully saturated rings. The number of hydrogen-bond acceptors (Lipinski definition) is 3. The van der Waals surface area contributed by atoms with Crippen molar-refractivity contribution in [3.63, 3.8) is 0 Å². The van der Waals surface area contributed by atoms with Gasteiger partial charge < -0.3 is 15.1 Å². The Hall–Kier alpha value is -1.59. The maximum absolute atomic E-state index is 12.7. The SMILES string of the molecule is CNCC1CCN(C(=O)C2CC(=O)N(Cc3ccccc3)C2)CC1.Cl. The van der Waals surface area contributed by atoms with Crippen molar-refractivity contribution >= 4 is 24.2 Å². The molecule has 2 amide bonds. The Bertz CT molecular complexity index is 573. The van der Waals surface area contributed by atoms with Gasteiger partial charge in [-0.15, -0.1) is 12.4 Å². The van der Waals surface area contributed by atoms with E-state index >= 15 is 0 Å². The lowest BCUT2D eigenvalue weighted by Crippen LogP contribution is -2.43. The molecular weight excluding hydrogens is 338 g/mol. The third-order valence-corrected chi connectivity index (χ3v) is 5.20. The molecule has 0 bridgehead atoms. The molecule has 0 aromatic heterocycles. The minimum absolute atomic E-state index is 0. The highest BCUT2D eigenvalue weighted by Crippen LogP contribution is 2.25. The molecule has 5 nitrogen and oxygen atoms in total. The van der Waals surface area contributed by atoms with E-state index in [1.807, 2.05) is 47.2 Å². The standard InChI is InChI=1S/C19H27N3O2.ClH/c1-20-12-15-7-9-21(10-8-15)19(24)17-11-18(23)22(14-17)13-16-5-3-2-4-6-16;/h2-6,15,17,20H,7-14H2,1H3;1H. The first-order valence-electron chi connectivity index (χ1n) is 8.92. The number of carbonyl (C=O) groups excluding carboxylic acids is 2. The van der Waals surface area contributed by atoms with Crippen LogP contribution in [0.1, 0.15) is 24.8 Å². The average molecular weight is 366 g/mol. The third-order valence-electron chi connectivity index (χ3n) is 5.20. The highest BCUT2D eigenvalue weighted by atomic mass is 35.5. The van der Waals surface area contributed by atoms with E-state index in [0.717, 1.165) is 38.0 Å². The fourth-order valence-corrected chi connectivity index (χ4v) is 3.80. The summed E-state index contributed by atoms with van der Waals surface area (Å²) in [6.07, 6.45) is 2.48. The van der Waals surface area contributed by atoms with Gasteiger partial charge in [0.05, 0.1) is 5.92 Å². The number of benzene rings is 1. The molecule has 0 saturated carbocycles. The van der Waals surface area contributed by atoms with E-state index < -0.39 is 0 Å². The van der Waals surface area contributed by atoms with Crippen molar-refractivity contribution in [3.05, 3.63) is 35.9 Å². The second kappa shape index (κ2) is 9.20. The number of rotatable bonds is 5. The summed E-state index contributed by atoms with van der Waals surface area (Å²) in [6, 6.07) is 9.98. The maximum Gasteiger partial charge on any atom is 0.227 e. The van der Waals surface area contributed by atoms with Gasteiger partial charge in [0.1, 0.15) is 0 Å². The van der Waals surface area contributed by atoms with Gasteiger partial charge in [-0.1, -0.05) is 30.3 Å². The number of hydrogen-bond donors (Lipinski definition) is 1. The van der Waals surface area contributed by atoms with Gasteiger partial charge in [-0.25, -0.2) is 0 Å². The summed E-state index contributed by atoms with van der Waals surface area (Å²) in [5.74, 6) is 0.769. The van der Waals surface area contributed by atoms with Crippen LogP contribution in [-0.4, -0.2) is 54.8 Å². The zero-order valence-corrected chi connectivity index (χ0v) is 15.6. The van der Waals surface area contributed by atoms with Crippen LogP contribution in [0.2, 0.25) is 0 Å². The summed E-state index contributed by atoms with van der Waals surface area (Å²) in [7, 11) is 1.98. The summed E-state index contributed by atoms with van der Waals surface area (Å²) in [5, 5.41) is 3.22. The molecule has 1 unspecified atom stereocenters. The summed E-state index contributed by atoms with van der Waals surface area (Å²) >= 11 is 0. The Labute approximate surface area is 156 Å². The Morgan fingerprint density at radius 3 is 2.52 bits per heavy atom. The van der Waals surface area contributed by atoms with Gasteiger partial charge in [0.15, 0.2) is 0 Å². The van der Waals surface area contributed by atoms with Gasteiger partial charge >= 0.3 is 0 Å². The van der Waals surface area contributed by atoms with Gasteiger partial charge in [-0.2, -0.15) is 0 Å². The molecule has 0 spiro atoms. The zero-order chi connectivity index (χ0) is 16.9. The second-order valence-corrected chi connectivity index (χ2v) is 6.99. The Kier molecular flexibility index (Phi) is 7.26.